The number of aryl methyl sites for hydroxylation is 4. The minimum Gasteiger partial charge on any atom is -0.471 e. The molecular weight excluding hydrogens is 510 g/mol. The number of hydrogen-bond donors (Lipinski definition) is 3. The second kappa shape index (κ2) is 10.5. The maximum Gasteiger partial charge on any atom is 0.254 e. The molecule has 206 valence electrons. The Hall–Kier alpha value is -4.71. The van der Waals surface area contributed by atoms with E-state index in [0.29, 0.717) is 35.6 Å². The van der Waals surface area contributed by atoms with Crippen molar-refractivity contribution in [2.75, 3.05) is 30.3 Å². The molecule has 1 aliphatic heterocycles. The number of H-pyrrole nitrogens is 1. The van der Waals surface area contributed by atoms with Crippen LogP contribution in [0.2, 0.25) is 0 Å². The lowest BCUT2D eigenvalue weighted by Gasteiger charge is -2.16. The predicted octanol–water partition coefficient (Wildman–Crippen LogP) is 4.11. The highest BCUT2D eigenvalue weighted by molar-refractivity contribution is 6.06. The quantitative estimate of drug-likeness (QED) is 0.265. The highest BCUT2D eigenvalue weighted by atomic mass is 16.5. The molecule has 3 N–H and O–H groups in total. The van der Waals surface area contributed by atoms with Crippen LogP contribution in [0, 0.1) is 20.8 Å². The van der Waals surface area contributed by atoms with Gasteiger partial charge in [0.2, 0.25) is 11.9 Å². The van der Waals surface area contributed by atoms with E-state index < -0.39 is 0 Å². The van der Waals surface area contributed by atoms with E-state index in [-0.39, 0.29) is 18.6 Å². The largest absolute Gasteiger partial charge is 0.471 e. The molecule has 1 aliphatic rings. The van der Waals surface area contributed by atoms with Crippen molar-refractivity contribution < 1.29 is 14.1 Å². The molecule has 1 amide bonds. The van der Waals surface area contributed by atoms with Crippen LogP contribution in [0.4, 0.5) is 17.5 Å². The molecule has 0 bridgehead atoms. The van der Waals surface area contributed by atoms with Gasteiger partial charge in [-0.05, 0) is 44.0 Å². The van der Waals surface area contributed by atoms with Crippen LogP contribution < -0.4 is 15.4 Å². The molecular formula is C28H31N9O3. The van der Waals surface area contributed by atoms with Gasteiger partial charge < -0.3 is 24.9 Å². The number of aromatic amines is 1. The van der Waals surface area contributed by atoms with Crippen molar-refractivity contribution in [1.29, 1.82) is 0 Å². The van der Waals surface area contributed by atoms with Crippen LogP contribution >= 0.6 is 0 Å². The summed E-state index contributed by atoms with van der Waals surface area (Å²) in [5.41, 5.74) is 5.24. The molecule has 0 spiro atoms. The Morgan fingerprint density at radius 1 is 1.25 bits per heavy atom. The lowest BCUT2D eigenvalue weighted by atomic mass is 10.1. The summed E-state index contributed by atoms with van der Waals surface area (Å²) in [7, 11) is 1.89. The van der Waals surface area contributed by atoms with Gasteiger partial charge in [-0.2, -0.15) is 5.10 Å². The minimum absolute atomic E-state index is 0.0242. The van der Waals surface area contributed by atoms with Gasteiger partial charge in [0.25, 0.3) is 5.88 Å². The SMILES string of the molecule is Cc1cc(OC2CCN(CC(=O)Nc3cccc4c(-c5nc(Nc6cc(C)n(C)n6)ncc5C)c[nH]c34)C2)no1. The molecule has 6 rings (SSSR count). The Balaban J connectivity index is 1.15. The summed E-state index contributed by atoms with van der Waals surface area (Å²) in [5, 5.41) is 15.5. The summed E-state index contributed by atoms with van der Waals surface area (Å²) < 4.78 is 12.7. The van der Waals surface area contributed by atoms with E-state index in [1.807, 2.05) is 58.3 Å². The molecule has 0 saturated carbocycles. The summed E-state index contributed by atoms with van der Waals surface area (Å²) in [6, 6.07) is 9.55. The topological polar surface area (TPSA) is 139 Å². The van der Waals surface area contributed by atoms with Crippen LogP contribution in [0.5, 0.6) is 5.88 Å². The molecule has 5 heterocycles. The van der Waals surface area contributed by atoms with E-state index >= 15 is 0 Å². The number of hydrogen-bond acceptors (Lipinski definition) is 9. The number of carbonyl (C=O) groups excluding carboxylic acids is 1. The van der Waals surface area contributed by atoms with E-state index in [1.165, 1.54) is 0 Å². The third kappa shape index (κ3) is 5.25. The van der Waals surface area contributed by atoms with Gasteiger partial charge in [0.15, 0.2) is 5.82 Å². The maximum atomic E-state index is 13.0. The standard InChI is InChI=1S/C28H31N9O3/c1-16-12-30-28(32-23-10-17(2)36(4)34-23)33-26(16)21-13-29-27-20(21)6-5-7-22(27)31-24(38)15-37-9-8-19(14-37)39-25-11-18(3)40-35-25/h5-7,10-13,19,29H,8-9,14-15H2,1-4H3,(H,31,38)(H,30,32,33,34). The van der Waals surface area contributed by atoms with Gasteiger partial charge in [-0.1, -0.05) is 12.1 Å². The van der Waals surface area contributed by atoms with Gasteiger partial charge in [0.05, 0.1) is 23.4 Å². The van der Waals surface area contributed by atoms with E-state index in [4.69, 9.17) is 14.2 Å². The van der Waals surface area contributed by atoms with E-state index in [1.54, 1.807) is 16.9 Å². The smallest absolute Gasteiger partial charge is 0.254 e. The number of nitrogens with one attached hydrogen (secondary N) is 3. The van der Waals surface area contributed by atoms with Gasteiger partial charge in [0.1, 0.15) is 11.9 Å². The molecule has 1 atom stereocenters. The van der Waals surface area contributed by atoms with Crippen molar-refractivity contribution in [3.8, 4) is 17.1 Å². The van der Waals surface area contributed by atoms with Crippen LogP contribution in [-0.2, 0) is 11.8 Å². The van der Waals surface area contributed by atoms with Crippen molar-refractivity contribution >= 4 is 34.3 Å². The van der Waals surface area contributed by atoms with E-state index in [0.717, 1.165) is 46.4 Å². The molecule has 4 aromatic heterocycles. The number of carbonyl (C=O) groups is 1. The van der Waals surface area contributed by atoms with E-state index in [2.05, 4.69) is 35.8 Å². The number of para-hydroxylation sites is 1. The van der Waals surface area contributed by atoms with Crippen LogP contribution in [0.15, 0.2) is 47.2 Å². The van der Waals surface area contributed by atoms with E-state index in [9.17, 15) is 4.79 Å². The van der Waals surface area contributed by atoms with Gasteiger partial charge in [-0.3, -0.25) is 14.4 Å². The number of rotatable bonds is 8. The van der Waals surface area contributed by atoms with Crippen LogP contribution in [-0.4, -0.2) is 66.4 Å². The Morgan fingerprint density at radius 2 is 2.12 bits per heavy atom. The summed E-state index contributed by atoms with van der Waals surface area (Å²) in [6.45, 7) is 7.48. The van der Waals surface area contributed by atoms with Crippen molar-refractivity contribution in [3.63, 3.8) is 0 Å². The summed E-state index contributed by atoms with van der Waals surface area (Å²) in [6.07, 6.45) is 4.51. The Labute approximate surface area is 230 Å². The fourth-order valence-corrected chi connectivity index (χ4v) is 4.97. The zero-order valence-corrected chi connectivity index (χ0v) is 22.9. The summed E-state index contributed by atoms with van der Waals surface area (Å²) >= 11 is 0. The van der Waals surface area contributed by atoms with Gasteiger partial charge >= 0.3 is 0 Å². The second-order valence-electron chi connectivity index (χ2n) is 10.2. The first-order valence-electron chi connectivity index (χ1n) is 13.2. The van der Waals surface area contributed by atoms with Crippen LogP contribution in [0.1, 0.15) is 23.4 Å². The molecule has 5 aromatic rings. The number of benzene rings is 1. The van der Waals surface area contributed by atoms with Gasteiger partial charge in [-0.25, -0.2) is 9.97 Å². The lowest BCUT2D eigenvalue weighted by Crippen LogP contribution is -2.33. The lowest BCUT2D eigenvalue weighted by molar-refractivity contribution is -0.117. The molecule has 40 heavy (non-hydrogen) atoms. The minimum atomic E-state index is -0.0862. The Morgan fingerprint density at radius 3 is 2.90 bits per heavy atom. The fourth-order valence-electron chi connectivity index (χ4n) is 4.97. The number of fused-ring (bicyclic) bond motifs is 1. The Bertz CT molecular complexity index is 1670. The highest BCUT2D eigenvalue weighted by Crippen LogP contribution is 2.33. The third-order valence-electron chi connectivity index (χ3n) is 7.06. The number of aromatic nitrogens is 6. The molecule has 1 unspecified atom stereocenters. The van der Waals surface area contributed by atoms with Gasteiger partial charge in [0, 0.05) is 61.3 Å². The van der Waals surface area contributed by atoms with Crippen molar-refractivity contribution in [2.24, 2.45) is 7.05 Å². The van der Waals surface area contributed by atoms with Crippen molar-refractivity contribution in [2.45, 2.75) is 33.3 Å². The van der Waals surface area contributed by atoms with Gasteiger partial charge in [-0.15, -0.1) is 0 Å². The maximum absolute atomic E-state index is 13.0. The first kappa shape index (κ1) is 25.6. The molecule has 1 aromatic carbocycles. The van der Waals surface area contributed by atoms with Crippen LogP contribution in [0.25, 0.3) is 22.2 Å². The molecule has 1 saturated heterocycles. The summed E-state index contributed by atoms with van der Waals surface area (Å²) in [5.74, 6) is 2.25. The number of anilines is 3. The Kier molecular flexibility index (Phi) is 6.68. The zero-order chi connectivity index (χ0) is 27.8. The first-order chi connectivity index (χ1) is 19.3. The second-order valence-corrected chi connectivity index (χ2v) is 10.2. The van der Waals surface area contributed by atoms with Crippen molar-refractivity contribution in [1.82, 2.24) is 34.8 Å². The highest BCUT2D eigenvalue weighted by Gasteiger charge is 2.26. The third-order valence-corrected chi connectivity index (χ3v) is 7.06. The molecule has 12 nitrogen and oxygen atoms in total. The number of likely N-dealkylation sites (tertiary alicyclic amines) is 1. The number of nitrogens with zero attached hydrogens (tertiary/aromatic N) is 6. The normalized spacial score (nSPS) is 15.6. The fraction of sp³-hybridized carbons (Fsp3) is 0.321. The first-order valence-corrected chi connectivity index (χ1v) is 13.2. The number of ether oxygens (including phenoxy) is 1. The van der Waals surface area contributed by atoms with Crippen LogP contribution in [0.3, 0.4) is 0 Å². The molecule has 1 fully saturated rings. The monoisotopic (exact) mass is 541 g/mol. The molecule has 12 heteroatoms. The molecule has 0 radical (unpaired) electrons. The predicted molar refractivity (Wildman–Crippen MR) is 151 cm³/mol. The zero-order valence-electron chi connectivity index (χ0n) is 22.9. The average Bonchev–Trinajstić information content (AvgIpc) is 3.70. The van der Waals surface area contributed by atoms with Crippen molar-refractivity contribution in [3.05, 3.63) is 59.7 Å². The number of amides is 1. The average molecular weight is 542 g/mol. The summed E-state index contributed by atoms with van der Waals surface area (Å²) in [4.78, 5) is 27.6. The molecule has 0 aliphatic carbocycles.